The van der Waals surface area contributed by atoms with Crippen molar-refractivity contribution < 1.29 is 9.47 Å². The second-order valence-electron chi connectivity index (χ2n) is 2.77. The maximum atomic E-state index is 5.48. The number of alkyl halides is 1. The largest absolute Gasteiger partial charge is 0.497 e. The topological polar surface area (TPSA) is 18.5 Å². The van der Waals surface area contributed by atoms with Crippen LogP contribution in [0.15, 0.2) is 24.3 Å². The molecule has 3 heteroatoms. The van der Waals surface area contributed by atoms with Crippen LogP contribution in [0, 0.1) is 0 Å². The second-order valence-corrected chi connectivity index (χ2v) is 4.33. The van der Waals surface area contributed by atoms with Gasteiger partial charge in [0.05, 0.1) is 7.11 Å². The molecule has 1 rings (SSSR count). The molecule has 0 unspecified atom stereocenters. The highest BCUT2D eigenvalue weighted by atomic mass is 79.9. The Morgan fingerprint density at radius 3 is 2.69 bits per heavy atom. The molecule has 0 spiro atoms. The Hall–Kier alpha value is -0.700. The van der Waals surface area contributed by atoms with Crippen molar-refractivity contribution in [2.45, 2.75) is 11.8 Å². The van der Waals surface area contributed by atoms with E-state index in [4.69, 9.17) is 9.47 Å². The van der Waals surface area contributed by atoms with Crippen molar-refractivity contribution in [3.8, 4) is 11.5 Å². The van der Waals surface area contributed by atoms with Crippen molar-refractivity contribution in [2.24, 2.45) is 0 Å². The molecule has 0 bridgehead atoms. The van der Waals surface area contributed by atoms with Crippen LogP contribution in [0.1, 0.15) is 6.92 Å². The molecule has 2 nitrogen and oxygen atoms in total. The lowest BCUT2D eigenvalue weighted by Gasteiger charge is -2.08. The van der Waals surface area contributed by atoms with E-state index >= 15 is 0 Å². The van der Waals surface area contributed by atoms with Gasteiger partial charge >= 0.3 is 0 Å². The summed E-state index contributed by atoms with van der Waals surface area (Å²) in [6.07, 6.45) is 0. The van der Waals surface area contributed by atoms with Crippen molar-refractivity contribution in [3.63, 3.8) is 0 Å². The van der Waals surface area contributed by atoms with Gasteiger partial charge in [-0.1, -0.05) is 22.0 Å². The number of hydrogen-bond acceptors (Lipinski definition) is 2. The van der Waals surface area contributed by atoms with E-state index in [1.807, 2.05) is 31.2 Å². The van der Waals surface area contributed by atoms with Gasteiger partial charge in [-0.25, -0.2) is 0 Å². The second kappa shape index (κ2) is 5.12. The number of halogens is 1. The monoisotopic (exact) mass is 244 g/mol. The van der Waals surface area contributed by atoms with E-state index in [-0.39, 0.29) is 0 Å². The molecule has 0 saturated heterocycles. The third kappa shape index (κ3) is 3.68. The van der Waals surface area contributed by atoms with E-state index in [0.717, 1.165) is 11.5 Å². The minimum Gasteiger partial charge on any atom is -0.497 e. The van der Waals surface area contributed by atoms with E-state index in [1.54, 1.807) is 7.11 Å². The third-order valence-electron chi connectivity index (χ3n) is 1.52. The molecule has 1 aromatic carbocycles. The Balaban J connectivity index is 2.56. The molecular weight excluding hydrogens is 232 g/mol. The smallest absolute Gasteiger partial charge is 0.123 e. The molecule has 72 valence electrons. The lowest BCUT2D eigenvalue weighted by molar-refractivity contribution is 0.321. The van der Waals surface area contributed by atoms with Gasteiger partial charge in [0.2, 0.25) is 0 Å². The Bertz CT molecular complexity index is 261. The summed E-state index contributed by atoms with van der Waals surface area (Å²) in [6, 6.07) is 7.59. The molecule has 0 N–H and O–H groups in total. The van der Waals surface area contributed by atoms with Gasteiger partial charge < -0.3 is 9.47 Å². The highest BCUT2D eigenvalue weighted by molar-refractivity contribution is 9.09. The van der Waals surface area contributed by atoms with Crippen molar-refractivity contribution in [1.29, 1.82) is 0 Å². The third-order valence-corrected chi connectivity index (χ3v) is 1.79. The molecule has 1 aromatic rings. The van der Waals surface area contributed by atoms with Crippen LogP contribution < -0.4 is 9.47 Å². The van der Waals surface area contributed by atoms with Gasteiger partial charge in [0.15, 0.2) is 0 Å². The molecule has 1 atom stereocenters. The molecular formula is C10H13BrO2. The summed E-state index contributed by atoms with van der Waals surface area (Å²) in [4.78, 5) is 0.360. The Kier molecular flexibility index (Phi) is 4.09. The van der Waals surface area contributed by atoms with Crippen LogP contribution in [-0.4, -0.2) is 18.5 Å². The van der Waals surface area contributed by atoms with Gasteiger partial charge in [0, 0.05) is 10.9 Å². The summed E-state index contributed by atoms with van der Waals surface area (Å²) < 4.78 is 10.6. The summed E-state index contributed by atoms with van der Waals surface area (Å²) in [5, 5.41) is 0. The van der Waals surface area contributed by atoms with Crippen LogP contribution in [0.25, 0.3) is 0 Å². The fraction of sp³-hybridized carbons (Fsp3) is 0.400. The zero-order valence-electron chi connectivity index (χ0n) is 7.79. The van der Waals surface area contributed by atoms with Crippen molar-refractivity contribution in [3.05, 3.63) is 24.3 Å². The highest BCUT2D eigenvalue weighted by Gasteiger charge is 1.99. The van der Waals surface area contributed by atoms with Gasteiger partial charge in [-0.15, -0.1) is 0 Å². The molecule has 0 fully saturated rings. The molecule has 0 aliphatic heterocycles. The quantitative estimate of drug-likeness (QED) is 0.759. The first-order valence-corrected chi connectivity index (χ1v) is 5.05. The zero-order chi connectivity index (χ0) is 9.68. The molecule has 0 heterocycles. The van der Waals surface area contributed by atoms with Crippen LogP contribution in [0.5, 0.6) is 11.5 Å². The first kappa shape index (κ1) is 10.4. The Morgan fingerprint density at radius 2 is 2.08 bits per heavy atom. The minimum atomic E-state index is 0.360. The predicted molar refractivity (Wildman–Crippen MR) is 56.9 cm³/mol. The Labute approximate surface area is 87.0 Å². The summed E-state index contributed by atoms with van der Waals surface area (Å²) in [7, 11) is 1.65. The molecule has 0 aliphatic rings. The first-order chi connectivity index (χ1) is 6.22. The number of methoxy groups -OCH3 is 1. The van der Waals surface area contributed by atoms with Crippen LogP contribution >= 0.6 is 15.9 Å². The van der Waals surface area contributed by atoms with E-state index in [9.17, 15) is 0 Å². The van der Waals surface area contributed by atoms with Crippen LogP contribution in [0.4, 0.5) is 0 Å². The number of hydrogen-bond donors (Lipinski definition) is 0. The molecule has 13 heavy (non-hydrogen) atoms. The molecule has 0 radical (unpaired) electrons. The standard InChI is InChI=1S/C10H13BrO2/c1-8(11)7-13-10-5-3-4-9(6-10)12-2/h3-6,8H,7H2,1-2H3/t8-/m0/s1. The first-order valence-electron chi connectivity index (χ1n) is 4.13. The SMILES string of the molecule is COc1cccc(OC[C@H](C)Br)c1. The minimum absolute atomic E-state index is 0.360. The van der Waals surface area contributed by atoms with Crippen LogP contribution in [0.2, 0.25) is 0 Å². The van der Waals surface area contributed by atoms with E-state index in [2.05, 4.69) is 15.9 Å². The maximum absolute atomic E-state index is 5.48. The zero-order valence-corrected chi connectivity index (χ0v) is 9.37. The fourth-order valence-corrected chi connectivity index (χ4v) is 1.03. The number of rotatable bonds is 4. The summed E-state index contributed by atoms with van der Waals surface area (Å²) >= 11 is 3.41. The average molecular weight is 245 g/mol. The van der Waals surface area contributed by atoms with E-state index in [1.165, 1.54) is 0 Å². The van der Waals surface area contributed by atoms with E-state index < -0.39 is 0 Å². The van der Waals surface area contributed by atoms with Crippen LogP contribution in [-0.2, 0) is 0 Å². The van der Waals surface area contributed by atoms with Gasteiger partial charge in [0.1, 0.15) is 18.1 Å². The fourth-order valence-electron chi connectivity index (χ4n) is 0.902. The maximum Gasteiger partial charge on any atom is 0.123 e. The number of ether oxygens (including phenoxy) is 2. The highest BCUT2D eigenvalue weighted by Crippen LogP contribution is 2.19. The van der Waals surface area contributed by atoms with E-state index in [0.29, 0.717) is 11.4 Å². The molecule has 0 saturated carbocycles. The number of benzene rings is 1. The Morgan fingerprint density at radius 1 is 1.38 bits per heavy atom. The lowest BCUT2D eigenvalue weighted by atomic mass is 10.3. The summed E-state index contributed by atoms with van der Waals surface area (Å²) in [5.74, 6) is 1.66. The summed E-state index contributed by atoms with van der Waals surface area (Å²) in [5.41, 5.74) is 0. The molecule has 0 aromatic heterocycles. The average Bonchev–Trinajstić information content (AvgIpc) is 2.15. The molecule has 0 amide bonds. The van der Waals surface area contributed by atoms with Crippen molar-refractivity contribution in [2.75, 3.05) is 13.7 Å². The van der Waals surface area contributed by atoms with Crippen molar-refractivity contribution >= 4 is 15.9 Å². The summed E-state index contributed by atoms with van der Waals surface area (Å²) in [6.45, 7) is 2.70. The predicted octanol–water partition coefficient (Wildman–Crippen LogP) is 2.86. The van der Waals surface area contributed by atoms with Crippen molar-refractivity contribution in [1.82, 2.24) is 0 Å². The molecule has 0 aliphatic carbocycles. The van der Waals surface area contributed by atoms with Crippen LogP contribution in [0.3, 0.4) is 0 Å². The van der Waals surface area contributed by atoms with Gasteiger partial charge in [-0.05, 0) is 19.1 Å². The van der Waals surface area contributed by atoms with Gasteiger partial charge in [-0.3, -0.25) is 0 Å². The normalized spacial score (nSPS) is 12.2. The van der Waals surface area contributed by atoms with Gasteiger partial charge in [0.25, 0.3) is 0 Å². The van der Waals surface area contributed by atoms with Gasteiger partial charge in [-0.2, -0.15) is 0 Å². The lowest BCUT2D eigenvalue weighted by Crippen LogP contribution is -2.06.